The van der Waals surface area contributed by atoms with Crippen LogP contribution < -0.4 is 5.32 Å². The summed E-state index contributed by atoms with van der Waals surface area (Å²) < 4.78 is 43.6. The Hall–Kier alpha value is -1.60. The SMILES string of the molecule is COCCNCC(=O)N(C1CC1)C(C)c1cccc(C(F)(F)F)c1. The van der Waals surface area contributed by atoms with Crippen LogP contribution in [-0.4, -0.2) is 43.7 Å². The summed E-state index contributed by atoms with van der Waals surface area (Å²) in [6.45, 7) is 2.99. The van der Waals surface area contributed by atoms with Gasteiger partial charge >= 0.3 is 6.18 Å². The Balaban J connectivity index is 2.09. The highest BCUT2D eigenvalue weighted by atomic mass is 19.4. The Morgan fingerprint density at radius 2 is 2.12 bits per heavy atom. The van der Waals surface area contributed by atoms with E-state index in [0.29, 0.717) is 18.7 Å². The van der Waals surface area contributed by atoms with Crippen molar-refractivity contribution in [2.24, 2.45) is 0 Å². The number of nitrogens with one attached hydrogen (secondary N) is 1. The molecular formula is C17H23F3N2O2. The van der Waals surface area contributed by atoms with Crippen molar-refractivity contribution in [1.82, 2.24) is 10.2 Å². The van der Waals surface area contributed by atoms with E-state index in [0.717, 1.165) is 25.0 Å². The van der Waals surface area contributed by atoms with Crippen LogP contribution in [-0.2, 0) is 15.7 Å². The summed E-state index contributed by atoms with van der Waals surface area (Å²) in [5, 5.41) is 2.99. The second-order valence-corrected chi connectivity index (χ2v) is 6.00. The molecule has 0 aliphatic heterocycles. The standard InChI is InChI=1S/C17H23F3N2O2/c1-12(13-4-3-5-14(10-13)17(18,19)20)22(15-6-7-15)16(23)11-21-8-9-24-2/h3-5,10,12,15,21H,6-9,11H2,1-2H3. The van der Waals surface area contributed by atoms with E-state index in [9.17, 15) is 18.0 Å². The normalized spacial score (nSPS) is 16.0. The molecule has 1 aliphatic carbocycles. The van der Waals surface area contributed by atoms with E-state index in [4.69, 9.17) is 4.74 Å². The van der Waals surface area contributed by atoms with Gasteiger partial charge in [0.25, 0.3) is 0 Å². The van der Waals surface area contributed by atoms with Crippen molar-refractivity contribution < 1.29 is 22.7 Å². The Bertz CT molecular complexity index is 559. The number of carbonyl (C=O) groups is 1. The van der Waals surface area contributed by atoms with Gasteiger partial charge in [0.15, 0.2) is 0 Å². The molecule has 134 valence electrons. The van der Waals surface area contributed by atoms with Gasteiger partial charge in [0, 0.05) is 19.7 Å². The van der Waals surface area contributed by atoms with E-state index >= 15 is 0 Å². The molecule has 0 radical (unpaired) electrons. The molecule has 1 amide bonds. The molecule has 1 N–H and O–H groups in total. The highest BCUT2D eigenvalue weighted by molar-refractivity contribution is 5.79. The fourth-order valence-electron chi connectivity index (χ4n) is 2.68. The lowest BCUT2D eigenvalue weighted by molar-refractivity contribution is -0.137. The molecule has 0 heterocycles. The number of halogens is 3. The van der Waals surface area contributed by atoms with Gasteiger partial charge in [0.2, 0.25) is 5.91 Å². The third-order valence-corrected chi connectivity index (χ3v) is 4.10. The predicted octanol–water partition coefficient (Wildman–Crippen LogP) is 2.99. The van der Waals surface area contributed by atoms with Crippen LogP contribution in [0.2, 0.25) is 0 Å². The number of hydrogen-bond donors (Lipinski definition) is 1. The largest absolute Gasteiger partial charge is 0.416 e. The van der Waals surface area contributed by atoms with Crippen molar-refractivity contribution in [3.05, 3.63) is 35.4 Å². The predicted molar refractivity (Wildman–Crippen MR) is 84.5 cm³/mol. The van der Waals surface area contributed by atoms with Gasteiger partial charge in [-0.25, -0.2) is 0 Å². The lowest BCUT2D eigenvalue weighted by Crippen LogP contribution is -2.41. The first-order valence-corrected chi connectivity index (χ1v) is 8.02. The smallest absolute Gasteiger partial charge is 0.383 e. The summed E-state index contributed by atoms with van der Waals surface area (Å²) in [7, 11) is 1.58. The number of rotatable bonds is 8. The summed E-state index contributed by atoms with van der Waals surface area (Å²) in [5.74, 6) is -0.0986. The number of alkyl halides is 3. The Morgan fingerprint density at radius 1 is 1.42 bits per heavy atom. The van der Waals surface area contributed by atoms with Crippen molar-refractivity contribution in [3.8, 4) is 0 Å². The van der Waals surface area contributed by atoms with Gasteiger partial charge in [-0.1, -0.05) is 12.1 Å². The topological polar surface area (TPSA) is 41.6 Å². The molecule has 2 rings (SSSR count). The maximum absolute atomic E-state index is 12.9. The Kier molecular flexibility index (Phi) is 6.23. The molecular weight excluding hydrogens is 321 g/mol. The van der Waals surface area contributed by atoms with Crippen LogP contribution in [0.4, 0.5) is 13.2 Å². The quantitative estimate of drug-likeness (QED) is 0.737. The van der Waals surface area contributed by atoms with Gasteiger partial charge in [0.1, 0.15) is 0 Å². The summed E-state index contributed by atoms with van der Waals surface area (Å²) in [4.78, 5) is 14.2. The minimum Gasteiger partial charge on any atom is -0.383 e. The molecule has 4 nitrogen and oxygen atoms in total. The van der Waals surface area contributed by atoms with Crippen molar-refractivity contribution in [1.29, 1.82) is 0 Å². The molecule has 0 bridgehead atoms. The second-order valence-electron chi connectivity index (χ2n) is 6.00. The third-order valence-electron chi connectivity index (χ3n) is 4.10. The molecule has 7 heteroatoms. The van der Waals surface area contributed by atoms with E-state index in [-0.39, 0.29) is 18.5 Å². The highest BCUT2D eigenvalue weighted by Crippen LogP contribution is 2.36. The zero-order chi connectivity index (χ0) is 17.7. The molecule has 1 unspecified atom stereocenters. The number of carbonyl (C=O) groups excluding carboxylic acids is 1. The van der Waals surface area contributed by atoms with E-state index in [1.807, 2.05) is 0 Å². The second kappa shape index (κ2) is 7.98. The van der Waals surface area contributed by atoms with Gasteiger partial charge in [-0.2, -0.15) is 13.2 Å². The van der Waals surface area contributed by atoms with Crippen LogP contribution in [0.5, 0.6) is 0 Å². The summed E-state index contributed by atoms with van der Waals surface area (Å²) in [6.07, 6.45) is -2.59. The number of benzene rings is 1. The zero-order valence-corrected chi connectivity index (χ0v) is 13.9. The first-order chi connectivity index (χ1) is 11.3. The number of methoxy groups -OCH3 is 1. The van der Waals surface area contributed by atoms with Crippen LogP contribution in [0.15, 0.2) is 24.3 Å². The highest BCUT2D eigenvalue weighted by Gasteiger charge is 2.37. The number of nitrogens with zero attached hydrogens (tertiary/aromatic N) is 1. The maximum Gasteiger partial charge on any atom is 0.416 e. The monoisotopic (exact) mass is 344 g/mol. The number of hydrogen-bond acceptors (Lipinski definition) is 3. The first-order valence-electron chi connectivity index (χ1n) is 8.02. The molecule has 1 atom stereocenters. The van der Waals surface area contributed by atoms with Crippen LogP contribution in [0.1, 0.15) is 36.9 Å². The molecule has 0 spiro atoms. The number of ether oxygens (including phenoxy) is 1. The molecule has 0 saturated heterocycles. The zero-order valence-electron chi connectivity index (χ0n) is 13.9. The van der Waals surface area contributed by atoms with Crippen molar-refractivity contribution in [2.75, 3.05) is 26.8 Å². The lowest BCUT2D eigenvalue weighted by atomic mass is 10.0. The average molecular weight is 344 g/mol. The molecule has 24 heavy (non-hydrogen) atoms. The van der Waals surface area contributed by atoms with Crippen LogP contribution in [0, 0.1) is 0 Å². The third kappa shape index (κ3) is 4.95. The van der Waals surface area contributed by atoms with Crippen LogP contribution in [0.3, 0.4) is 0 Å². The molecule has 1 saturated carbocycles. The van der Waals surface area contributed by atoms with Gasteiger partial charge in [-0.3, -0.25) is 4.79 Å². The van der Waals surface area contributed by atoms with E-state index < -0.39 is 17.8 Å². The fourth-order valence-corrected chi connectivity index (χ4v) is 2.68. The minimum atomic E-state index is -4.38. The van der Waals surface area contributed by atoms with Crippen molar-refractivity contribution in [2.45, 2.75) is 38.0 Å². The van der Waals surface area contributed by atoms with Gasteiger partial charge in [-0.15, -0.1) is 0 Å². The Labute approximate surface area is 140 Å². The molecule has 1 aromatic rings. The van der Waals surface area contributed by atoms with Crippen molar-refractivity contribution in [3.63, 3.8) is 0 Å². The summed E-state index contributed by atoms with van der Waals surface area (Å²) in [5.41, 5.74) is -0.185. The molecule has 0 aromatic heterocycles. The first kappa shape index (κ1) is 18.7. The number of amides is 1. The van der Waals surface area contributed by atoms with Crippen LogP contribution in [0.25, 0.3) is 0 Å². The van der Waals surface area contributed by atoms with Gasteiger partial charge < -0.3 is 15.0 Å². The maximum atomic E-state index is 12.9. The minimum absolute atomic E-state index is 0.0986. The Morgan fingerprint density at radius 3 is 2.71 bits per heavy atom. The van der Waals surface area contributed by atoms with E-state index in [2.05, 4.69) is 5.32 Å². The molecule has 1 aromatic carbocycles. The van der Waals surface area contributed by atoms with E-state index in [1.54, 1.807) is 25.0 Å². The average Bonchev–Trinajstić information content (AvgIpc) is 3.36. The fraction of sp³-hybridized carbons (Fsp3) is 0.588. The van der Waals surface area contributed by atoms with E-state index in [1.165, 1.54) is 6.07 Å². The van der Waals surface area contributed by atoms with Gasteiger partial charge in [-0.05, 0) is 37.5 Å². The van der Waals surface area contributed by atoms with Crippen molar-refractivity contribution >= 4 is 5.91 Å². The lowest BCUT2D eigenvalue weighted by Gasteiger charge is -2.30. The summed E-state index contributed by atoms with van der Waals surface area (Å²) >= 11 is 0. The van der Waals surface area contributed by atoms with Crippen LogP contribution >= 0.6 is 0 Å². The molecule has 1 fully saturated rings. The summed E-state index contributed by atoms with van der Waals surface area (Å²) in [6, 6.07) is 4.93. The van der Waals surface area contributed by atoms with Gasteiger partial charge in [0.05, 0.1) is 24.8 Å². The molecule has 1 aliphatic rings.